The largest absolute Gasteiger partial charge is 0.388 e. The zero-order chi connectivity index (χ0) is 16.5. The number of aliphatic hydroxyl groups is 1. The first-order valence-electron chi connectivity index (χ1n) is 8.32. The topological polar surface area (TPSA) is 23.5 Å². The van der Waals surface area contributed by atoms with Crippen molar-refractivity contribution >= 4 is 11.8 Å². The Kier molecular flexibility index (Phi) is 7.66. The molecule has 0 aromatic heterocycles. The van der Waals surface area contributed by atoms with Gasteiger partial charge in [0.1, 0.15) is 0 Å². The van der Waals surface area contributed by atoms with Crippen LogP contribution in [0.25, 0.3) is 0 Å². The van der Waals surface area contributed by atoms with Crippen molar-refractivity contribution in [2.24, 2.45) is 0 Å². The summed E-state index contributed by atoms with van der Waals surface area (Å²) in [6.07, 6.45) is 1.55. The van der Waals surface area contributed by atoms with Crippen molar-refractivity contribution < 1.29 is 5.11 Å². The summed E-state index contributed by atoms with van der Waals surface area (Å²) < 4.78 is 0. The lowest BCUT2D eigenvalue weighted by Crippen LogP contribution is -2.20. The fourth-order valence-electron chi connectivity index (χ4n) is 2.49. The normalized spacial score (nSPS) is 12.5. The Balaban J connectivity index is 1.78. The van der Waals surface area contributed by atoms with E-state index in [9.17, 15) is 5.11 Å². The SMILES string of the molecule is CCCSc1ccc(C(O)CCN(C)Cc2ccccc2)cc1. The predicted octanol–water partition coefficient (Wildman–Crippen LogP) is 4.74. The number of rotatable bonds is 9. The van der Waals surface area contributed by atoms with E-state index in [1.54, 1.807) is 0 Å². The molecular formula is C20H27NOS. The smallest absolute Gasteiger partial charge is 0.0802 e. The van der Waals surface area contributed by atoms with Crippen molar-refractivity contribution in [2.75, 3.05) is 19.3 Å². The Morgan fingerprint density at radius 1 is 1.04 bits per heavy atom. The van der Waals surface area contributed by atoms with Crippen molar-refractivity contribution in [2.45, 2.75) is 37.3 Å². The molecule has 124 valence electrons. The molecule has 1 N–H and O–H groups in total. The van der Waals surface area contributed by atoms with Crippen molar-refractivity contribution in [1.82, 2.24) is 4.90 Å². The van der Waals surface area contributed by atoms with Gasteiger partial charge in [-0.05, 0) is 48.9 Å². The Bertz CT molecular complexity index is 556. The third kappa shape index (κ3) is 6.38. The minimum absolute atomic E-state index is 0.390. The highest BCUT2D eigenvalue weighted by atomic mass is 32.2. The van der Waals surface area contributed by atoms with Crippen LogP contribution in [0.5, 0.6) is 0 Å². The average molecular weight is 330 g/mol. The van der Waals surface area contributed by atoms with Crippen LogP contribution in [0, 0.1) is 0 Å². The molecular weight excluding hydrogens is 302 g/mol. The van der Waals surface area contributed by atoms with Crippen molar-refractivity contribution in [3.8, 4) is 0 Å². The van der Waals surface area contributed by atoms with Gasteiger partial charge in [0.2, 0.25) is 0 Å². The van der Waals surface area contributed by atoms with Crippen molar-refractivity contribution in [1.29, 1.82) is 0 Å². The molecule has 2 aromatic rings. The molecule has 0 heterocycles. The highest BCUT2D eigenvalue weighted by molar-refractivity contribution is 7.99. The van der Waals surface area contributed by atoms with E-state index in [0.29, 0.717) is 0 Å². The summed E-state index contributed by atoms with van der Waals surface area (Å²) in [6, 6.07) is 18.8. The second kappa shape index (κ2) is 9.76. The molecule has 0 saturated carbocycles. The van der Waals surface area contributed by atoms with Gasteiger partial charge in [-0.1, -0.05) is 49.4 Å². The summed E-state index contributed by atoms with van der Waals surface area (Å²) in [5.74, 6) is 1.15. The molecule has 0 saturated heterocycles. The monoisotopic (exact) mass is 329 g/mol. The van der Waals surface area contributed by atoms with Crippen LogP contribution in [-0.2, 0) is 6.54 Å². The molecule has 0 radical (unpaired) electrons. The third-order valence-electron chi connectivity index (χ3n) is 3.82. The highest BCUT2D eigenvalue weighted by Crippen LogP contribution is 2.23. The summed E-state index contributed by atoms with van der Waals surface area (Å²) in [5, 5.41) is 10.4. The minimum atomic E-state index is -0.390. The fraction of sp³-hybridized carbons (Fsp3) is 0.400. The third-order valence-corrected chi connectivity index (χ3v) is 5.04. The second-order valence-corrected chi connectivity index (χ2v) is 7.11. The zero-order valence-electron chi connectivity index (χ0n) is 14.1. The van der Waals surface area contributed by atoms with Gasteiger partial charge in [0.25, 0.3) is 0 Å². The van der Waals surface area contributed by atoms with Crippen LogP contribution in [0.2, 0.25) is 0 Å². The van der Waals surface area contributed by atoms with Gasteiger partial charge in [-0.3, -0.25) is 0 Å². The highest BCUT2D eigenvalue weighted by Gasteiger charge is 2.09. The van der Waals surface area contributed by atoms with E-state index in [1.165, 1.54) is 16.9 Å². The molecule has 0 bridgehead atoms. The van der Waals surface area contributed by atoms with Gasteiger partial charge in [0.05, 0.1) is 6.10 Å². The van der Waals surface area contributed by atoms with Gasteiger partial charge in [0.15, 0.2) is 0 Å². The van der Waals surface area contributed by atoms with Gasteiger partial charge in [-0.25, -0.2) is 0 Å². The number of aliphatic hydroxyl groups excluding tert-OH is 1. The first-order valence-corrected chi connectivity index (χ1v) is 9.31. The Labute approximate surface area is 144 Å². The Hall–Kier alpha value is -1.29. The van der Waals surface area contributed by atoms with E-state index in [0.717, 1.165) is 30.8 Å². The summed E-state index contributed by atoms with van der Waals surface area (Å²) >= 11 is 1.87. The first kappa shape index (κ1) is 18.1. The van der Waals surface area contributed by atoms with E-state index < -0.39 is 6.10 Å². The average Bonchev–Trinajstić information content (AvgIpc) is 2.59. The fourth-order valence-corrected chi connectivity index (χ4v) is 3.26. The van der Waals surface area contributed by atoms with Gasteiger partial charge >= 0.3 is 0 Å². The summed E-state index contributed by atoms with van der Waals surface area (Å²) in [6.45, 7) is 3.99. The Morgan fingerprint density at radius 2 is 1.74 bits per heavy atom. The number of thioether (sulfide) groups is 1. The zero-order valence-corrected chi connectivity index (χ0v) is 14.9. The van der Waals surface area contributed by atoms with Crippen LogP contribution in [0.1, 0.15) is 37.0 Å². The number of benzene rings is 2. The molecule has 0 spiro atoms. The molecule has 0 amide bonds. The van der Waals surface area contributed by atoms with Crippen LogP contribution in [0.4, 0.5) is 0 Å². The number of nitrogens with zero attached hydrogens (tertiary/aromatic N) is 1. The molecule has 3 heteroatoms. The first-order chi connectivity index (χ1) is 11.2. The molecule has 2 aromatic carbocycles. The summed E-state index contributed by atoms with van der Waals surface area (Å²) in [4.78, 5) is 3.54. The maximum Gasteiger partial charge on any atom is 0.0802 e. The van der Waals surface area contributed by atoms with Gasteiger partial charge < -0.3 is 10.0 Å². The molecule has 23 heavy (non-hydrogen) atoms. The molecule has 0 fully saturated rings. The Morgan fingerprint density at radius 3 is 2.39 bits per heavy atom. The van der Waals surface area contributed by atoms with E-state index >= 15 is 0 Å². The van der Waals surface area contributed by atoms with Crippen LogP contribution in [-0.4, -0.2) is 29.4 Å². The second-order valence-electron chi connectivity index (χ2n) is 5.95. The van der Waals surface area contributed by atoms with Crippen molar-refractivity contribution in [3.05, 3.63) is 65.7 Å². The lowest BCUT2D eigenvalue weighted by atomic mass is 10.1. The van der Waals surface area contributed by atoms with Crippen LogP contribution >= 0.6 is 11.8 Å². The van der Waals surface area contributed by atoms with Crippen LogP contribution in [0.3, 0.4) is 0 Å². The summed E-state index contributed by atoms with van der Waals surface area (Å²) in [7, 11) is 2.10. The number of hydrogen-bond acceptors (Lipinski definition) is 3. The molecule has 0 aliphatic rings. The van der Waals surface area contributed by atoms with Gasteiger partial charge in [-0.2, -0.15) is 0 Å². The lowest BCUT2D eigenvalue weighted by Gasteiger charge is -2.19. The maximum atomic E-state index is 10.4. The van der Waals surface area contributed by atoms with E-state index in [4.69, 9.17) is 0 Å². The molecule has 0 aliphatic carbocycles. The molecule has 2 rings (SSSR count). The molecule has 1 unspecified atom stereocenters. The van der Waals surface area contributed by atoms with E-state index in [-0.39, 0.29) is 0 Å². The van der Waals surface area contributed by atoms with Gasteiger partial charge in [0, 0.05) is 18.0 Å². The lowest BCUT2D eigenvalue weighted by molar-refractivity contribution is 0.147. The van der Waals surface area contributed by atoms with Crippen molar-refractivity contribution in [3.63, 3.8) is 0 Å². The van der Waals surface area contributed by atoms with Gasteiger partial charge in [-0.15, -0.1) is 11.8 Å². The van der Waals surface area contributed by atoms with E-state index in [2.05, 4.69) is 67.4 Å². The molecule has 0 aliphatic heterocycles. The maximum absolute atomic E-state index is 10.4. The summed E-state index contributed by atoms with van der Waals surface area (Å²) in [5.41, 5.74) is 2.32. The quantitative estimate of drug-likeness (QED) is 0.672. The van der Waals surface area contributed by atoms with Crippen LogP contribution in [0.15, 0.2) is 59.5 Å². The number of hydrogen-bond donors (Lipinski definition) is 1. The predicted molar refractivity (Wildman–Crippen MR) is 99.8 cm³/mol. The van der Waals surface area contributed by atoms with E-state index in [1.807, 2.05) is 17.8 Å². The van der Waals surface area contributed by atoms with Crippen LogP contribution < -0.4 is 0 Å². The molecule has 1 atom stereocenters. The standard InChI is InChI=1S/C20H27NOS/c1-3-15-23-19-11-9-18(10-12-19)20(22)13-14-21(2)16-17-7-5-4-6-8-17/h4-12,20,22H,3,13-16H2,1-2H3. The minimum Gasteiger partial charge on any atom is -0.388 e. The molecule has 2 nitrogen and oxygen atoms in total.